The third-order valence-electron chi connectivity index (χ3n) is 2.20. The van der Waals surface area contributed by atoms with Crippen LogP contribution in [0, 0.1) is 0 Å². The fraction of sp³-hybridized carbons (Fsp3) is 0.444. The highest BCUT2D eigenvalue weighted by atomic mass is 35.5. The molecule has 0 aliphatic heterocycles. The third-order valence-corrected chi connectivity index (χ3v) is 5.70. The molecule has 1 aromatic rings. The van der Waals surface area contributed by atoms with Crippen molar-refractivity contribution in [2.75, 3.05) is 27.7 Å². The Morgan fingerprint density at radius 3 is 2.50 bits per heavy atom. The molecule has 0 aromatic carbocycles. The van der Waals surface area contributed by atoms with Crippen molar-refractivity contribution in [1.82, 2.24) is 9.37 Å². The summed E-state index contributed by atoms with van der Waals surface area (Å²) in [5.74, 6) is -0.466. The molecule has 0 unspecified atom stereocenters. The number of likely N-dealkylation sites (N-methyl/N-ethyl adjacent to an activating group) is 2. The molecular weight excluding hydrogens is 300 g/mol. The van der Waals surface area contributed by atoms with Gasteiger partial charge in [-0.15, -0.1) is 11.3 Å². The van der Waals surface area contributed by atoms with Gasteiger partial charge in [0.1, 0.15) is 4.21 Å². The number of nitrogens with zero attached hydrogens (tertiary/aromatic N) is 2. The second kappa shape index (κ2) is 5.98. The van der Waals surface area contributed by atoms with Crippen LogP contribution in [0.15, 0.2) is 16.3 Å². The van der Waals surface area contributed by atoms with Gasteiger partial charge in [0, 0.05) is 14.1 Å². The summed E-state index contributed by atoms with van der Waals surface area (Å²) in [6.07, 6.45) is 0. The van der Waals surface area contributed by atoms with Crippen molar-refractivity contribution in [3.05, 3.63) is 16.5 Å². The molecule has 18 heavy (non-hydrogen) atoms. The van der Waals surface area contributed by atoms with Crippen LogP contribution in [0.5, 0.6) is 0 Å². The summed E-state index contributed by atoms with van der Waals surface area (Å²) in [4.78, 5) is 16.2. The van der Waals surface area contributed by atoms with Gasteiger partial charge < -0.3 is 0 Å². The average molecular weight is 313 g/mol. The second-order valence-electron chi connectivity index (χ2n) is 3.39. The smallest absolute Gasteiger partial charge is 0.261 e. The van der Waals surface area contributed by atoms with E-state index < -0.39 is 15.9 Å². The first-order valence-electron chi connectivity index (χ1n) is 4.81. The lowest BCUT2D eigenvalue weighted by atomic mass is 10.6. The highest BCUT2D eigenvalue weighted by Gasteiger charge is 2.25. The third kappa shape index (κ3) is 3.42. The van der Waals surface area contributed by atoms with Gasteiger partial charge in [0.25, 0.3) is 15.9 Å². The van der Waals surface area contributed by atoms with E-state index in [2.05, 4.69) is 4.84 Å². The van der Waals surface area contributed by atoms with Crippen molar-refractivity contribution in [1.29, 1.82) is 0 Å². The van der Waals surface area contributed by atoms with Crippen LogP contribution >= 0.6 is 22.9 Å². The molecule has 1 amide bonds. The monoisotopic (exact) mass is 312 g/mol. The zero-order valence-corrected chi connectivity index (χ0v) is 12.5. The molecule has 1 rings (SSSR count). The number of rotatable bonds is 5. The summed E-state index contributed by atoms with van der Waals surface area (Å²) in [5, 5.41) is 0.966. The maximum atomic E-state index is 12.1. The lowest BCUT2D eigenvalue weighted by Gasteiger charge is -2.19. The number of amides is 1. The molecule has 0 saturated carbocycles. The zero-order valence-electron chi connectivity index (χ0n) is 10.1. The number of hydrogen-bond acceptors (Lipinski definition) is 5. The van der Waals surface area contributed by atoms with Gasteiger partial charge in [0.2, 0.25) is 0 Å². The van der Waals surface area contributed by atoms with Crippen LogP contribution in [0.2, 0.25) is 4.34 Å². The van der Waals surface area contributed by atoms with E-state index in [1.165, 1.54) is 33.3 Å². The van der Waals surface area contributed by atoms with E-state index in [0.29, 0.717) is 4.34 Å². The maximum absolute atomic E-state index is 12.1. The van der Waals surface area contributed by atoms with E-state index >= 15 is 0 Å². The normalized spacial score (nSPS) is 11.8. The summed E-state index contributed by atoms with van der Waals surface area (Å²) in [6, 6.07) is 2.90. The van der Waals surface area contributed by atoms with Crippen LogP contribution in [-0.2, 0) is 19.7 Å². The summed E-state index contributed by atoms with van der Waals surface area (Å²) < 4.78 is 25.5. The topological polar surface area (TPSA) is 66.9 Å². The highest BCUT2D eigenvalue weighted by Crippen LogP contribution is 2.27. The highest BCUT2D eigenvalue weighted by molar-refractivity contribution is 7.91. The molecule has 1 aromatic heterocycles. The van der Waals surface area contributed by atoms with Crippen LogP contribution < -0.4 is 0 Å². The molecule has 0 aliphatic carbocycles. The van der Waals surface area contributed by atoms with Crippen molar-refractivity contribution in [2.45, 2.75) is 4.21 Å². The van der Waals surface area contributed by atoms with Crippen molar-refractivity contribution >= 4 is 38.9 Å². The Kier molecular flexibility index (Phi) is 5.11. The molecule has 0 atom stereocenters. The Balaban J connectivity index is 2.84. The second-order valence-corrected chi connectivity index (χ2v) is 7.38. The molecule has 0 aliphatic rings. The number of carbonyl (C=O) groups is 1. The Labute approximate surface area is 115 Å². The van der Waals surface area contributed by atoms with E-state index in [9.17, 15) is 13.2 Å². The van der Waals surface area contributed by atoms with Crippen LogP contribution in [0.3, 0.4) is 0 Å². The SMILES string of the molecule is CON(C)C(=O)CN(C)S(=O)(=O)c1ccc(Cl)s1. The van der Waals surface area contributed by atoms with Gasteiger partial charge >= 0.3 is 0 Å². The number of hydroxylamine groups is 2. The molecule has 6 nitrogen and oxygen atoms in total. The van der Waals surface area contributed by atoms with Crippen LogP contribution in [0.1, 0.15) is 0 Å². The van der Waals surface area contributed by atoms with E-state index in [1.807, 2.05) is 0 Å². The van der Waals surface area contributed by atoms with E-state index in [0.717, 1.165) is 20.7 Å². The lowest BCUT2D eigenvalue weighted by molar-refractivity contribution is -0.168. The molecule has 0 bridgehead atoms. The van der Waals surface area contributed by atoms with Gasteiger partial charge in [-0.3, -0.25) is 9.63 Å². The molecular formula is C9H13ClN2O4S2. The van der Waals surface area contributed by atoms with Gasteiger partial charge in [-0.25, -0.2) is 13.5 Å². The minimum Gasteiger partial charge on any atom is -0.275 e. The largest absolute Gasteiger partial charge is 0.275 e. The Morgan fingerprint density at radius 2 is 2.06 bits per heavy atom. The molecule has 0 spiro atoms. The number of sulfonamides is 1. The number of hydrogen-bond donors (Lipinski definition) is 0. The van der Waals surface area contributed by atoms with E-state index in [-0.39, 0.29) is 10.8 Å². The van der Waals surface area contributed by atoms with Gasteiger partial charge in [0.05, 0.1) is 18.0 Å². The standard InChI is InChI=1S/C9H13ClN2O4S2/c1-11(6-8(13)12(2)16-3)18(14,15)9-5-4-7(10)17-9/h4-5H,6H2,1-3H3. The first-order valence-corrected chi connectivity index (χ1v) is 7.45. The quantitative estimate of drug-likeness (QED) is 0.762. The summed E-state index contributed by atoms with van der Waals surface area (Å²) in [6.45, 7) is -0.303. The van der Waals surface area contributed by atoms with Crippen molar-refractivity contribution in [2.24, 2.45) is 0 Å². The summed E-state index contributed by atoms with van der Waals surface area (Å²) in [5.41, 5.74) is 0. The number of halogens is 1. The molecule has 9 heteroatoms. The summed E-state index contributed by atoms with van der Waals surface area (Å²) in [7, 11) is 0.366. The first kappa shape index (κ1) is 15.4. The zero-order chi connectivity index (χ0) is 13.9. The maximum Gasteiger partial charge on any atom is 0.261 e. The van der Waals surface area contributed by atoms with Gasteiger partial charge in [-0.05, 0) is 12.1 Å². The summed E-state index contributed by atoms with van der Waals surface area (Å²) >= 11 is 6.63. The minimum atomic E-state index is -3.69. The first-order chi connectivity index (χ1) is 8.28. The van der Waals surface area contributed by atoms with Crippen molar-refractivity contribution < 1.29 is 18.0 Å². The molecule has 0 saturated heterocycles. The minimum absolute atomic E-state index is 0.0999. The number of carbonyl (C=O) groups excluding carboxylic acids is 1. The molecule has 0 radical (unpaired) electrons. The molecule has 1 heterocycles. The fourth-order valence-electron chi connectivity index (χ4n) is 1.07. The van der Waals surface area contributed by atoms with Crippen LogP contribution in [0.25, 0.3) is 0 Å². The fourth-order valence-corrected chi connectivity index (χ4v) is 3.88. The van der Waals surface area contributed by atoms with Gasteiger partial charge in [0.15, 0.2) is 0 Å². The van der Waals surface area contributed by atoms with Crippen LogP contribution in [-0.4, -0.2) is 51.4 Å². The Bertz CT molecular complexity index is 528. The van der Waals surface area contributed by atoms with Crippen molar-refractivity contribution in [3.8, 4) is 0 Å². The molecule has 0 N–H and O–H groups in total. The van der Waals surface area contributed by atoms with Crippen molar-refractivity contribution in [3.63, 3.8) is 0 Å². The average Bonchev–Trinajstić information content (AvgIpc) is 2.75. The van der Waals surface area contributed by atoms with Gasteiger partial charge in [-0.2, -0.15) is 4.31 Å². The van der Waals surface area contributed by atoms with Crippen LogP contribution in [0.4, 0.5) is 0 Å². The molecule has 102 valence electrons. The molecule has 0 fully saturated rings. The predicted molar refractivity (Wildman–Crippen MR) is 68.9 cm³/mol. The van der Waals surface area contributed by atoms with E-state index in [1.54, 1.807) is 0 Å². The Hall–Kier alpha value is -0.670. The lowest BCUT2D eigenvalue weighted by Crippen LogP contribution is -2.38. The Morgan fingerprint density at radius 1 is 1.44 bits per heavy atom. The predicted octanol–water partition coefficient (Wildman–Crippen LogP) is 1.04. The van der Waals surface area contributed by atoms with Gasteiger partial charge in [-0.1, -0.05) is 11.6 Å². The van der Waals surface area contributed by atoms with E-state index in [4.69, 9.17) is 11.6 Å². The number of thiophene rings is 1.